The van der Waals surface area contributed by atoms with E-state index in [0.717, 1.165) is 64.5 Å². The number of nitrogens with one attached hydrogen (secondary N) is 1. The van der Waals surface area contributed by atoms with Crippen molar-refractivity contribution in [3.05, 3.63) is 0 Å². The predicted molar refractivity (Wildman–Crippen MR) is 82.4 cm³/mol. The van der Waals surface area contributed by atoms with Gasteiger partial charge in [-0.15, -0.1) is 0 Å². The van der Waals surface area contributed by atoms with E-state index in [2.05, 4.69) is 10.5 Å². The van der Waals surface area contributed by atoms with Crippen molar-refractivity contribution in [3.8, 4) is 0 Å². The summed E-state index contributed by atoms with van der Waals surface area (Å²) in [6.07, 6.45) is 10.3. The van der Waals surface area contributed by atoms with Crippen LogP contribution >= 0.6 is 0 Å². The molecule has 2 amide bonds. The zero-order valence-electron chi connectivity index (χ0n) is 12.8. The molecule has 2 aliphatic rings. The number of hydrogen-bond donors (Lipinski definition) is 3. The van der Waals surface area contributed by atoms with Crippen LogP contribution in [0.4, 0.5) is 4.79 Å². The highest BCUT2D eigenvalue weighted by molar-refractivity contribution is 5.93. The zero-order valence-corrected chi connectivity index (χ0v) is 12.8. The maximum absolute atomic E-state index is 12.6. The first-order chi connectivity index (χ1) is 10.2. The fourth-order valence-electron chi connectivity index (χ4n) is 3.43. The summed E-state index contributed by atoms with van der Waals surface area (Å²) >= 11 is 0. The highest BCUT2D eigenvalue weighted by atomic mass is 16.4. The predicted octanol–water partition coefficient (Wildman–Crippen LogP) is 2.41. The monoisotopic (exact) mass is 296 g/mol. The maximum atomic E-state index is 12.6. The first-order valence-corrected chi connectivity index (χ1v) is 8.23. The molecule has 0 unspecified atom stereocenters. The Morgan fingerprint density at radius 1 is 1.00 bits per heavy atom. The van der Waals surface area contributed by atoms with E-state index in [1.54, 1.807) is 0 Å². The van der Waals surface area contributed by atoms with Crippen LogP contribution in [-0.4, -0.2) is 40.6 Å². The van der Waals surface area contributed by atoms with Gasteiger partial charge in [-0.25, -0.2) is 4.79 Å². The van der Waals surface area contributed by atoms with Gasteiger partial charge in [-0.2, -0.15) is 0 Å². The standard InChI is InChI=1S/C15H28N4O2/c16-13(18-21)15(9-5-1-2-6-10-15)17-14(20)19-11-7-3-4-8-12-19/h21H,1-12H2,(H2,16,18)(H,17,20). The maximum Gasteiger partial charge on any atom is 0.318 e. The van der Waals surface area contributed by atoms with Gasteiger partial charge in [0.1, 0.15) is 5.54 Å². The molecule has 1 heterocycles. The Morgan fingerprint density at radius 2 is 1.52 bits per heavy atom. The quantitative estimate of drug-likeness (QED) is 0.240. The fourth-order valence-corrected chi connectivity index (χ4v) is 3.43. The molecule has 6 heteroatoms. The second-order valence-electron chi connectivity index (χ2n) is 6.31. The van der Waals surface area contributed by atoms with E-state index in [4.69, 9.17) is 10.9 Å². The number of likely N-dealkylation sites (tertiary alicyclic amines) is 1. The minimum absolute atomic E-state index is 0.0644. The lowest BCUT2D eigenvalue weighted by Gasteiger charge is -2.35. The number of rotatable bonds is 2. The van der Waals surface area contributed by atoms with Crippen LogP contribution in [0.15, 0.2) is 5.16 Å². The SMILES string of the molecule is NC(=NO)C1(NC(=O)N2CCCCCC2)CCCCCC1. The van der Waals surface area contributed by atoms with Gasteiger partial charge >= 0.3 is 6.03 Å². The van der Waals surface area contributed by atoms with Crippen molar-refractivity contribution >= 4 is 11.9 Å². The summed E-state index contributed by atoms with van der Waals surface area (Å²) in [6.45, 7) is 1.61. The normalized spacial score (nSPS) is 24.0. The van der Waals surface area contributed by atoms with Crippen LogP contribution in [-0.2, 0) is 0 Å². The summed E-state index contributed by atoms with van der Waals surface area (Å²) in [6, 6.07) is -0.0644. The van der Waals surface area contributed by atoms with E-state index in [0.29, 0.717) is 0 Å². The Bertz CT molecular complexity index is 368. The van der Waals surface area contributed by atoms with Crippen molar-refractivity contribution in [2.45, 2.75) is 69.7 Å². The number of carbonyl (C=O) groups is 1. The number of nitrogens with two attached hydrogens (primary N) is 1. The Balaban J connectivity index is 2.08. The molecular formula is C15H28N4O2. The smallest absolute Gasteiger partial charge is 0.318 e. The van der Waals surface area contributed by atoms with Crippen LogP contribution < -0.4 is 11.1 Å². The lowest BCUT2D eigenvalue weighted by atomic mass is 9.89. The van der Waals surface area contributed by atoms with E-state index in [1.165, 1.54) is 12.8 Å². The molecule has 2 rings (SSSR count). The molecule has 0 spiro atoms. The molecule has 0 aromatic rings. The molecule has 0 radical (unpaired) electrons. The van der Waals surface area contributed by atoms with Gasteiger partial charge in [-0.3, -0.25) is 0 Å². The Labute approximate surface area is 126 Å². The lowest BCUT2D eigenvalue weighted by molar-refractivity contribution is 0.188. The van der Waals surface area contributed by atoms with Gasteiger partial charge in [0.15, 0.2) is 5.84 Å². The summed E-state index contributed by atoms with van der Waals surface area (Å²) in [5.74, 6) is 0.146. The van der Waals surface area contributed by atoms with Crippen LogP contribution in [0.3, 0.4) is 0 Å². The first-order valence-electron chi connectivity index (χ1n) is 8.23. The molecule has 1 aliphatic carbocycles. The summed E-state index contributed by atoms with van der Waals surface area (Å²) in [5, 5.41) is 15.4. The number of hydrogen-bond acceptors (Lipinski definition) is 3. The Kier molecular flexibility index (Phi) is 5.70. The van der Waals surface area contributed by atoms with Crippen LogP contribution in [0, 0.1) is 0 Å². The Hall–Kier alpha value is -1.46. The second-order valence-corrected chi connectivity index (χ2v) is 6.31. The van der Waals surface area contributed by atoms with Crippen LogP contribution in [0.2, 0.25) is 0 Å². The van der Waals surface area contributed by atoms with Crippen LogP contribution in [0.25, 0.3) is 0 Å². The molecule has 21 heavy (non-hydrogen) atoms. The average Bonchev–Trinajstić information content (AvgIpc) is 2.89. The molecule has 6 nitrogen and oxygen atoms in total. The van der Waals surface area contributed by atoms with Gasteiger partial charge in [0, 0.05) is 13.1 Å². The molecule has 4 N–H and O–H groups in total. The van der Waals surface area contributed by atoms with Gasteiger partial charge in [-0.1, -0.05) is 43.7 Å². The van der Waals surface area contributed by atoms with Gasteiger partial charge in [0.2, 0.25) is 0 Å². The Morgan fingerprint density at radius 3 is 2.05 bits per heavy atom. The molecule has 0 bridgehead atoms. The molecule has 120 valence electrons. The van der Waals surface area contributed by atoms with Crippen LogP contribution in [0.1, 0.15) is 64.2 Å². The summed E-state index contributed by atoms with van der Waals surface area (Å²) in [7, 11) is 0. The van der Waals surface area contributed by atoms with Crippen molar-refractivity contribution < 1.29 is 10.0 Å². The van der Waals surface area contributed by atoms with Crippen LogP contribution in [0.5, 0.6) is 0 Å². The molecule has 1 saturated heterocycles. The molecule has 2 fully saturated rings. The zero-order chi connectivity index (χ0) is 15.1. The number of nitrogens with zero attached hydrogens (tertiary/aromatic N) is 2. The molecule has 0 aromatic carbocycles. The van der Waals surface area contributed by atoms with Crippen molar-refractivity contribution in [1.82, 2.24) is 10.2 Å². The number of carbonyl (C=O) groups excluding carboxylic acids is 1. The summed E-state index contributed by atoms with van der Waals surface area (Å²) in [5.41, 5.74) is 5.26. The third-order valence-corrected chi connectivity index (χ3v) is 4.79. The fraction of sp³-hybridized carbons (Fsp3) is 0.867. The van der Waals surface area contributed by atoms with Gasteiger partial charge in [0.05, 0.1) is 0 Å². The topological polar surface area (TPSA) is 91.0 Å². The third-order valence-electron chi connectivity index (χ3n) is 4.79. The highest BCUT2D eigenvalue weighted by Gasteiger charge is 2.38. The lowest BCUT2D eigenvalue weighted by Crippen LogP contribution is -2.60. The molecule has 0 aromatic heterocycles. The number of urea groups is 1. The summed E-state index contributed by atoms with van der Waals surface area (Å²) in [4.78, 5) is 14.5. The van der Waals surface area contributed by atoms with E-state index in [1.807, 2.05) is 4.90 Å². The molecular weight excluding hydrogens is 268 g/mol. The number of amides is 2. The minimum Gasteiger partial charge on any atom is -0.409 e. The highest BCUT2D eigenvalue weighted by Crippen LogP contribution is 2.28. The number of amidine groups is 1. The van der Waals surface area contributed by atoms with Gasteiger partial charge in [-0.05, 0) is 25.7 Å². The van der Waals surface area contributed by atoms with E-state index in [9.17, 15) is 4.79 Å². The largest absolute Gasteiger partial charge is 0.409 e. The van der Waals surface area contributed by atoms with Gasteiger partial charge in [0.25, 0.3) is 0 Å². The van der Waals surface area contributed by atoms with E-state index < -0.39 is 5.54 Å². The second kappa shape index (κ2) is 7.52. The molecule has 1 aliphatic heterocycles. The minimum atomic E-state index is -0.672. The third kappa shape index (κ3) is 4.02. The van der Waals surface area contributed by atoms with E-state index >= 15 is 0 Å². The summed E-state index contributed by atoms with van der Waals surface area (Å²) < 4.78 is 0. The van der Waals surface area contributed by atoms with Crippen molar-refractivity contribution in [2.24, 2.45) is 10.9 Å². The van der Waals surface area contributed by atoms with Crippen molar-refractivity contribution in [1.29, 1.82) is 0 Å². The molecule has 1 saturated carbocycles. The van der Waals surface area contributed by atoms with Crippen molar-refractivity contribution in [2.75, 3.05) is 13.1 Å². The first kappa shape index (κ1) is 15.9. The van der Waals surface area contributed by atoms with Crippen molar-refractivity contribution in [3.63, 3.8) is 0 Å². The van der Waals surface area contributed by atoms with E-state index in [-0.39, 0.29) is 11.9 Å². The number of oxime groups is 1. The average molecular weight is 296 g/mol. The van der Waals surface area contributed by atoms with Gasteiger partial charge < -0.3 is 21.2 Å². The molecule has 0 atom stereocenters.